The molecule has 42 heavy (non-hydrogen) atoms. The lowest BCUT2D eigenvalue weighted by Gasteiger charge is -2.12. The fourth-order valence-corrected chi connectivity index (χ4v) is 3.86. The SMILES string of the molecule is CCCCCCOc1c(C#Cc2ccc(OCC(O)CO)cc2)cc(C)cc1C#Cc1ccc(OCC(O)CO)cc1. The van der Waals surface area contributed by atoms with E-state index in [1.807, 2.05) is 43.3 Å². The van der Waals surface area contributed by atoms with Crippen molar-refractivity contribution in [2.24, 2.45) is 0 Å². The highest BCUT2D eigenvalue weighted by molar-refractivity contribution is 5.61. The largest absolute Gasteiger partial charge is 0.491 e. The van der Waals surface area contributed by atoms with Crippen LogP contribution in [-0.4, -0.2) is 65.7 Å². The summed E-state index contributed by atoms with van der Waals surface area (Å²) in [7, 11) is 0. The molecular weight excluding hydrogens is 532 g/mol. The van der Waals surface area contributed by atoms with Crippen molar-refractivity contribution in [1.29, 1.82) is 0 Å². The number of hydrogen-bond donors (Lipinski definition) is 4. The lowest BCUT2D eigenvalue weighted by Crippen LogP contribution is -2.21. The van der Waals surface area contributed by atoms with Crippen LogP contribution in [0.3, 0.4) is 0 Å². The van der Waals surface area contributed by atoms with Gasteiger partial charge in [0, 0.05) is 11.1 Å². The first kappa shape index (κ1) is 32.5. The molecule has 0 bridgehead atoms. The topological polar surface area (TPSA) is 109 Å². The molecule has 0 amide bonds. The van der Waals surface area contributed by atoms with Crippen LogP contribution in [0.25, 0.3) is 0 Å². The van der Waals surface area contributed by atoms with Gasteiger partial charge < -0.3 is 34.6 Å². The third kappa shape index (κ3) is 11.1. The minimum absolute atomic E-state index is 0.0142. The van der Waals surface area contributed by atoms with Gasteiger partial charge >= 0.3 is 0 Å². The Hall–Kier alpha value is -3.98. The highest BCUT2D eigenvalue weighted by Gasteiger charge is 2.10. The molecule has 4 N–H and O–H groups in total. The van der Waals surface area contributed by atoms with Crippen LogP contribution in [0.15, 0.2) is 60.7 Å². The van der Waals surface area contributed by atoms with Crippen LogP contribution in [0, 0.1) is 30.6 Å². The van der Waals surface area contributed by atoms with E-state index in [0.29, 0.717) is 23.9 Å². The van der Waals surface area contributed by atoms with Gasteiger partial charge in [0.15, 0.2) is 5.75 Å². The molecule has 0 aromatic heterocycles. The molecule has 0 spiro atoms. The van der Waals surface area contributed by atoms with Crippen molar-refractivity contribution in [3.63, 3.8) is 0 Å². The summed E-state index contributed by atoms with van der Waals surface area (Å²) >= 11 is 0. The Morgan fingerprint density at radius 3 is 1.55 bits per heavy atom. The Bertz CT molecular complexity index is 1260. The van der Waals surface area contributed by atoms with Crippen molar-refractivity contribution < 1.29 is 34.6 Å². The van der Waals surface area contributed by atoms with Crippen molar-refractivity contribution in [2.75, 3.05) is 33.0 Å². The van der Waals surface area contributed by atoms with E-state index < -0.39 is 12.2 Å². The minimum atomic E-state index is -0.922. The average Bonchev–Trinajstić information content (AvgIpc) is 3.01. The number of aryl methyl sites for hydroxylation is 1. The van der Waals surface area contributed by atoms with E-state index in [-0.39, 0.29) is 26.4 Å². The lowest BCUT2D eigenvalue weighted by atomic mass is 10.0. The number of rotatable bonds is 14. The van der Waals surface area contributed by atoms with Crippen molar-refractivity contribution in [3.05, 3.63) is 88.5 Å². The second kappa shape index (κ2) is 17.7. The molecule has 2 unspecified atom stereocenters. The molecule has 7 heteroatoms. The van der Waals surface area contributed by atoms with E-state index in [4.69, 9.17) is 24.4 Å². The summed E-state index contributed by atoms with van der Waals surface area (Å²) in [6.45, 7) is 4.07. The number of ether oxygens (including phenoxy) is 3. The summed E-state index contributed by atoms with van der Waals surface area (Å²) in [5.74, 6) is 14.8. The summed E-state index contributed by atoms with van der Waals surface area (Å²) in [6, 6.07) is 18.5. The van der Waals surface area contributed by atoms with E-state index in [1.54, 1.807) is 24.3 Å². The molecule has 3 aromatic rings. The van der Waals surface area contributed by atoms with Crippen LogP contribution < -0.4 is 14.2 Å². The highest BCUT2D eigenvalue weighted by atomic mass is 16.5. The molecule has 0 radical (unpaired) electrons. The Balaban J connectivity index is 1.83. The van der Waals surface area contributed by atoms with Gasteiger partial charge in [-0.3, -0.25) is 0 Å². The van der Waals surface area contributed by atoms with Crippen LogP contribution in [0.4, 0.5) is 0 Å². The molecule has 0 heterocycles. The Morgan fingerprint density at radius 2 is 1.12 bits per heavy atom. The van der Waals surface area contributed by atoms with E-state index in [2.05, 4.69) is 30.6 Å². The number of aliphatic hydroxyl groups excluding tert-OH is 4. The number of aliphatic hydroxyl groups is 4. The van der Waals surface area contributed by atoms with Crippen molar-refractivity contribution in [2.45, 2.75) is 51.7 Å². The van der Waals surface area contributed by atoms with E-state index in [1.165, 1.54) is 0 Å². The quantitative estimate of drug-likeness (QED) is 0.169. The molecule has 0 aliphatic heterocycles. The molecule has 3 rings (SSSR count). The second-order valence-corrected chi connectivity index (χ2v) is 9.94. The summed E-state index contributed by atoms with van der Waals surface area (Å²) in [5.41, 5.74) is 4.11. The first-order valence-electron chi connectivity index (χ1n) is 14.3. The highest BCUT2D eigenvalue weighted by Crippen LogP contribution is 2.26. The van der Waals surface area contributed by atoms with Crippen LogP contribution in [0.1, 0.15) is 60.4 Å². The third-order valence-electron chi connectivity index (χ3n) is 6.18. The van der Waals surface area contributed by atoms with Gasteiger partial charge in [-0.1, -0.05) is 49.9 Å². The van der Waals surface area contributed by atoms with Gasteiger partial charge in [0.2, 0.25) is 0 Å². The van der Waals surface area contributed by atoms with Gasteiger partial charge in [-0.15, -0.1) is 0 Å². The molecule has 3 aromatic carbocycles. The van der Waals surface area contributed by atoms with E-state index >= 15 is 0 Å². The average molecular weight is 573 g/mol. The smallest absolute Gasteiger partial charge is 0.150 e. The van der Waals surface area contributed by atoms with Gasteiger partial charge in [0.1, 0.15) is 36.9 Å². The number of benzene rings is 3. The third-order valence-corrected chi connectivity index (χ3v) is 6.18. The molecule has 7 nitrogen and oxygen atoms in total. The van der Waals surface area contributed by atoms with E-state index in [9.17, 15) is 10.2 Å². The van der Waals surface area contributed by atoms with E-state index in [0.717, 1.165) is 53.5 Å². The molecule has 0 aliphatic rings. The summed E-state index contributed by atoms with van der Waals surface area (Å²) < 4.78 is 17.2. The maximum atomic E-state index is 9.48. The van der Waals surface area contributed by atoms with Crippen molar-refractivity contribution >= 4 is 0 Å². The summed E-state index contributed by atoms with van der Waals surface area (Å²) in [4.78, 5) is 0. The zero-order valence-corrected chi connectivity index (χ0v) is 24.3. The monoisotopic (exact) mass is 572 g/mol. The zero-order chi connectivity index (χ0) is 30.2. The maximum Gasteiger partial charge on any atom is 0.150 e. The Labute approximate surface area is 248 Å². The molecular formula is C35H40O7. The zero-order valence-electron chi connectivity index (χ0n) is 24.3. The lowest BCUT2D eigenvalue weighted by molar-refractivity contribution is 0.0536. The fourth-order valence-electron chi connectivity index (χ4n) is 3.86. The molecule has 0 saturated heterocycles. The van der Waals surface area contributed by atoms with Crippen molar-refractivity contribution in [3.8, 4) is 40.9 Å². The van der Waals surface area contributed by atoms with Gasteiger partial charge in [-0.25, -0.2) is 0 Å². The van der Waals surface area contributed by atoms with Gasteiger partial charge in [-0.2, -0.15) is 0 Å². The van der Waals surface area contributed by atoms with Crippen LogP contribution in [0.5, 0.6) is 17.2 Å². The van der Waals surface area contributed by atoms with Crippen LogP contribution >= 0.6 is 0 Å². The predicted octanol–water partition coefficient (Wildman–Crippen LogP) is 4.22. The minimum Gasteiger partial charge on any atom is -0.491 e. The molecule has 0 aliphatic carbocycles. The standard InChI is InChI=1S/C35H40O7/c1-3-4-5-6-19-40-35-29(13-7-27-9-15-33(16-10-27)41-24-31(38)22-36)20-26(2)21-30(35)14-8-28-11-17-34(18-12-28)42-25-32(39)23-37/h9-12,15-18,20-21,31-32,36-39H,3-6,19,22-25H2,1-2H3. The van der Waals surface area contributed by atoms with Crippen LogP contribution in [-0.2, 0) is 0 Å². The van der Waals surface area contributed by atoms with Crippen LogP contribution in [0.2, 0.25) is 0 Å². The number of unbranched alkanes of at least 4 members (excludes halogenated alkanes) is 3. The Kier molecular flexibility index (Phi) is 13.7. The normalized spacial score (nSPS) is 11.9. The second-order valence-electron chi connectivity index (χ2n) is 9.94. The summed E-state index contributed by atoms with van der Waals surface area (Å²) in [6.07, 6.45) is 2.51. The number of hydrogen-bond acceptors (Lipinski definition) is 7. The molecule has 0 fully saturated rings. The van der Waals surface area contributed by atoms with Crippen molar-refractivity contribution in [1.82, 2.24) is 0 Å². The summed E-state index contributed by atoms with van der Waals surface area (Å²) in [5, 5.41) is 36.8. The van der Waals surface area contributed by atoms with Gasteiger partial charge in [0.25, 0.3) is 0 Å². The molecule has 222 valence electrons. The first-order valence-corrected chi connectivity index (χ1v) is 14.3. The fraction of sp³-hybridized carbons (Fsp3) is 0.371. The van der Waals surface area contributed by atoms with Gasteiger partial charge in [0.05, 0.1) is 30.9 Å². The first-order chi connectivity index (χ1) is 20.4. The predicted molar refractivity (Wildman–Crippen MR) is 163 cm³/mol. The van der Waals surface area contributed by atoms with Gasteiger partial charge in [-0.05, 0) is 79.6 Å². The maximum absolute atomic E-state index is 9.48. The molecule has 0 saturated carbocycles. The molecule has 2 atom stereocenters. The Morgan fingerprint density at radius 1 is 0.643 bits per heavy atom.